The van der Waals surface area contributed by atoms with Crippen molar-refractivity contribution in [3.8, 4) is 11.5 Å². The Morgan fingerprint density at radius 3 is 2.62 bits per heavy atom. The molecule has 0 spiro atoms. The molecule has 0 fully saturated rings. The molecule has 0 heterocycles. The molecule has 0 unspecified atom stereocenters. The summed E-state index contributed by atoms with van der Waals surface area (Å²) in [5.74, 6) is 0.935. The van der Waals surface area contributed by atoms with Crippen LogP contribution in [0.4, 0.5) is 0 Å². The summed E-state index contributed by atoms with van der Waals surface area (Å²) in [6, 6.07) is 17.5. The van der Waals surface area contributed by atoms with Crippen molar-refractivity contribution in [2.45, 2.75) is 13.5 Å². The van der Waals surface area contributed by atoms with Crippen molar-refractivity contribution in [1.29, 1.82) is 0 Å². The molecule has 0 aliphatic rings. The molecule has 0 amide bonds. The van der Waals surface area contributed by atoms with E-state index >= 15 is 0 Å². The molecule has 0 saturated carbocycles. The van der Waals surface area contributed by atoms with Gasteiger partial charge >= 0.3 is 0 Å². The first kappa shape index (κ1) is 16.3. The molecule has 0 bridgehead atoms. The average Bonchev–Trinajstić information content (AvgIpc) is 2.61. The lowest BCUT2D eigenvalue weighted by Gasteiger charge is -2.15. The number of halogens is 1. The van der Waals surface area contributed by atoms with Gasteiger partial charge in [-0.25, -0.2) is 0 Å². The Bertz CT molecular complexity index is 869. The van der Waals surface area contributed by atoms with Crippen LogP contribution in [0.3, 0.4) is 0 Å². The van der Waals surface area contributed by atoms with Crippen molar-refractivity contribution in [2.24, 2.45) is 0 Å². The predicted molar refractivity (Wildman–Crippen MR) is 96.3 cm³/mol. The van der Waals surface area contributed by atoms with Gasteiger partial charge in [0.1, 0.15) is 12.9 Å². The number of ether oxygens (including phenoxy) is 2. The highest BCUT2D eigenvalue weighted by atomic mass is 35.5. The lowest BCUT2D eigenvalue weighted by molar-refractivity contribution is 0.112. The van der Waals surface area contributed by atoms with Crippen LogP contribution in [0.5, 0.6) is 11.5 Å². The highest BCUT2D eigenvalue weighted by Crippen LogP contribution is 2.37. The molecule has 0 N–H and O–H groups in total. The number of benzene rings is 3. The minimum absolute atomic E-state index is 0.363. The van der Waals surface area contributed by atoms with Gasteiger partial charge in [-0.2, -0.15) is 0 Å². The lowest BCUT2D eigenvalue weighted by Crippen LogP contribution is -2.01. The fourth-order valence-corrected chi connectivity index (χ4v) is 2.90. The van der Waals surface area contributed by atoms with E-state index in [9.17, 15) is 4.79 Å². The molecule has 122 valence electrons. The summed E-state index contributed by atoms with van der Waals surface area (Å²) in [6.45, 7) is 2.70. The van der Waals surface area contributed by atoms with Crippen molar-refractivity contribution in [1.82, 2.24) is 0 Å². The monoisotopic (exact) mass is 340 g/mol. The highest BCUT2D eigenvalue weighted by molar-refractivity contribution is 6.32. The maximum absolute atomic E-state index is 11.0. The van der Waals surface area contributed by atoms with E-state index in [0.29, 0.717) is 35.3 Å². The van der Waals surface area contributed by atoms with Crippen molar-refractivity contribution in [3.63, 3.8) is 0 Å². The van der Waals surface area contributed by atoms with Gasteiger partial charge < -0.3 is 9.47 Å². The molecule has 3 nitrogen and oxygen atoms in total. The van der Waals surface area contributed by atoms with Gasteiger partial charge in [0, 0.05) is 5.56 Å². The summed E-state index contributed by atoms with van der Waals surface area (Å²) >= 11 is 6.27. The predicted octanol–water partition coefficient (Wildman–Crippen LogP) is 5.28. The zero-order valence-electron chi connectivity index (χ0n) is 13.3. The summed E-state index contributed by atoms with van der Waals surface area (Å²) in [4.78, 5) is 11.0. The molecule has 3 aromatic carbocycles. The van der Waals surface area contributed by atoms with Crippen LogP contribution in [-0.2, 0) is 6.61 Å². The summed E-state index contributed by atoms with van der Waals surface area (Å²) in [6.07, 6.45) is 0.739. The van der Waals surface area contributed by atoms with Crippen LogP contribution in [0, 0.1) is 0 Å². The number of hydrogen-bond donors (Lipinski definition) is 0. The lowest BCUT2D eigenvalue weighted by atomic mass is 10.1. The van der Waals surface area contributed by atoms with Gasteiger partial charge in [0.2, 0.25) is 0 Å². The van der Waals surface area contributed by atoms with Crippen LogP contribution in [0.25, 0.3) is 10.8 Å². The molecule has 24 heavy (non-hydrogen) atoms. The third-order valence-electron chi connectivity index (χ3n) is 3.72. The molecule has 0 aromatic heterocycles. The third kappa shape index (κ3) is 3.36. The van der Waals surface area contributed by atoms with Gasteiger partial charge in [0.25, 0.3) is 0 Å². The maximum Gasteiger partial charge on any atom is 0.180 e. The van der Waals surface area contributed by atoms with Crippen LogP contribution in [-0.4, -0.2) is 12.9 Å². The fourth-order valence-electron chi connectivity index (χ4n) is 2.63. The van der Waals surface area contributed by atoms with Gasteiger partial charge in [-0.05, 0) is 35.4 Å². The van der Waals surface area contributed by atoms with Gasteiger partial charge in [-0.1, -0.05) is 54.1 Å². The van der Waals surface area contributed by atoms with E-state index in [1.54, 1.807) is 12.1 Å². The van der Waals surface area contributed by atoms with Crippen LogP contribution >= 0.6 is 11.6 Å². The zero-order valence-corrected chi connectivity index (χ0v) is 14.0. The first-order valence-corrected chi connectivity index (χ1v) is 8.11. The van der Waals surface area contributed by atoms with E-state index in [0.717, 1.165) is 22.6 Å². The average molecular weight is 341 g/mol. The SMILES string of the molecule is CCOc1cc(C=O)cc(Cl)c1OCc1cccc2ccccc12. The molecular formula is C20H17ClO3. The smallest absolute Gasteiger partial charge is 0.180 e. The molecule has 0 radical (unpaired) electrons. The number of fused-ring (bicyclic) bond motifs is 1. The van der Waals surface area contributed by atoms with Crippen LogP contribution in [0.15, 0.2) is 54.6 Å². The Morgan fingerprint density at radius 1 is 1.04 bits per heavy atom. The first-order chi connectivity index (χ1) is 11.7. The Morgan fingerprint density at radius 2 is 1.83 bits per heavy atom. The molecule has 3 rings (SSSR count). The molecular weight excluding hydrogens is 324 g/mol. The van der Waals surface area contributed by atoms with E-state index in [-0.39, 0.29) is 0 Å². The zero-order chi connectivity index (χ0) is 16.9. The van der Waals surface area contributed by atoms with Crippen molar-refractivity contribution < 1.29 is 14.3 Å². The normalized spacial score (nSPS) is 10.6. The van der Waals surface area contributed by atoms with Crippen molar-refractivity contribution in [2.75, 3.05) is 6.61 Å². The largest absolute Gasteiger partial charge is 0.490 e. The summed E-state index contributed by atoms with van der Waals surface area (Å²) in [7, 11) is 0. The Hall–Kier alpha value is -2.52. The number of carbonyl (C=O) groups is 1. The van der Waals surface area contributed by atoms with Crippen LogP contribution in [0.2, 0.25) is 5.02 Å². The number of rotatable bonds is 6. The van der Waals surface area contributed by atoms with Gasteiger partial charge in [0.15, 0.2) is 11.5 Å². The van der Waals surface area contributed by atoms with E-state index in [4.69, 9.17) is 21.1 Å². The van der Waals surface area contributed by atoms with E-state index in [1.165, 1.54) is 0 Å². The van der Waals surface area contributed by atoms with E-state index < -0.39 is 0 Å². The minimum Gasteiger partial charge on any atom is -0.490 e. The number of carbonyl (C=O) groups excluding carboxylic acids is 1. The summed E-state index contributed by atoms with van der Waals surface area (Å²) < 4.78 is 11.5. The Labute approximate surface area is 145 Å². The second kappa shape index (κ2) is 7.37. The summed E-state index contributed by atoms with van der Waals surface area (Å²) in [5, 5.41) is 2.66. The second-order valence-corrected chi connectivity index (χ2v) is 5.71. The second-order valence-electron chi connectivity index (χ2n) is 5.31. The highest BCUT2D eigenvalue weighted by Gasteiger charge is 2.13. The molecule has 4 heteroatoms. The summed E-state index contributed by atoms with van der Waals surface area (Å²) in [5.41, 5.74) is 1.52. The minimum atomic E-state index is 0.363. The molecule has 0 atom stereocenters. The number of hydrogen-bond acceptors (Lipinski definition) is 3. The van der Waals surface area contributed by atoms with Gasteiger partial charge in [-0.15, -0.1) is 0 Å². The van der Waals surface area contributed by atoms with E-state index in [1.807, 2.05) is 31.2 Å². The van der Waals surface area contributed by atoms with E-state index in [2.05, 4.69) is 18.2 Å². The standard InChI is InChI=1S/C20H17ClO3/c1-2-23-19-11-14(12-22)10-18(21)20(19)24-13-16-8-5-7-15-6-3-4-9-17(15)16/h3-12H,2,13H2,1H3. The topological polar surface area (TPSA) is 35.5 Å². The molecule has 0 aliphatic carbocycles. The van der Waals surface area contributed by atoms with Gasteiger partial charge in [-0.3, -0.25) is 4.79 Å². The molecule has 3 aromatic rings. The van der Waals surface area contributed by atoms with Crippen LogP contribution < -0.4 is 9.47 Å². The fraction of sp³-hybridized carbons (Fsp3) is 0.150. The maximum atomic E-state index is 11.0. The number of aldehydes is 1. The van der Waals surface area contributed by atoms with Crippen molar-refractivity contribution in [3.05, 3.63) is 70.7 Å². The quantitative estimate of drug-likeness (QED) is 0.572. The molecule has 0 aliphatic heterocycles. The first-order valence-electron chi connectivity index (χ1n) is 7.74. The van der Waals surface area contributed by atoms with Crippen LogP contribution in [0.1, 0.15) is 22.8 Å². The van der Waals surface area contributed by atoms with Crippen molar-refractivity contribution >= 4 is 28.7 Å². The third-order valence-corrected chi connectivity index (χ3v) is 4.00. The van der Waals surface area contributed by atoms with Gasteiger partial charge in [0.05, 0.1) is 11.6 Å². The Kier molecular flexibility index (Phi) is 5.02. The molecule has 0 saturated heterocycles. The Balaban J connectivity index is 1.92.